The first-order valence-corrected chi connectivity index (χ1v) is 5.02. The van der Waals surface area contributed by atoms with E-state index < -0.39 is 12.8 Å². The minimum absolute atomic E-state index is 0.0311. The number of anilines is 1. The van der Waals surface area contributed by atoms with Crippen LogP contribution in [0.25, 0.3) is 0 Å². The van der Waals surface area contributed by atoms with E-state index in [2.05, 4.69) is 4.74 Å². The van der Waals surface area contributed by atoms with Gasteiger partial charge in [0.25, 0.3) is 0 Å². The second-order valence-electron chi connectivity index (χ2n) is 3.56. The van der Waals surface area contributed by atoms with E-state index >= 15 is 0 Å². The first kappa shape index (κ1) is 13.6. The Balaban J connectivity index is 2.27. The van der Waals surface area contributed by atoms with Crippen molar-refractivity contribution in [3.05, 3.63) is 23.8 Å². The van der Waals surface area contributed by atoms with Gasteiger partial charge < -0.3 is 15.2 Å². The van der Waals surface area contributed by atoms with Crippen molar-refractivity contribution in [2.24, 2.45) is 0 Å². The van der Waals surface area contributed by atoms with Crippen LogP contribution in [0.1, 0.15) is 5.56 Å². The Hall–Kier alpha value is -1.43. The van der Waals surface area contributed by atoms with Crippen LogP contribution in [0.4, 0.5) is 18.9 Å². The van der Waals surface area contributed by atoms with Crippen molar-refractivity contribution in [1.82, 2.24) is 0 Å². The summed E-state index contributed by atoms with van der Waals surface area (Å²) in [4.78, 5) is 0. The molecule has 0 atom stereocenters. The van der Waals surface area contributed by atoms with Crippen molar-refractivity contribution < 1.29 is 22.6 Å². The van der Waals surface area contributed by atoms with Crippen LogP contribution in [0, 0.1) is 6.92 Å². The zero-order valence-corrected chi connectivity index (χ0v) is 9.38. The highest BCUT2D eigenvalue weighted by Gasteiger charge is 2.27. The minimum Gasteiger partial charge on any atom is -0.489 e. The zero-order chi connectivity index (χ0) is 12.9. The summed E-state index contributed by atoms with van der Waals surface area (Å²) in [7, 11) is 0. The van der Waals surface area contributed by atoms with Gasteiger partial charge in [-0.2, -0.15) is 13.2 Å². The largest absolute Gasteiger partial charge is 0.489 e. The van der Waals surface area contributed by atoms with Gasteiger partial charge in [0, 0.05) is 0 Å². The molecule has 0 bridgehead atoms. The monoisotopic (exact) mass is 249 g/mol. The number of rotatable bonds is 5. The van der Waals surface area contributed by atoms with Gasteiger partial charge in [-0.05, 0) is 24.6 Å². The van der Waals surface area contributed by atoms with Gasteiger partial charge in [0.1, 0.15) is 19.0 Å². The molecule has 3 nitrogen and oxygen atoms in total. The zero-order valence-electron chi connectivity index (χ0n) is 9.38. The number of hydrogen-bond acceptors (Lipinski definition) is 3. The molecule has 0 heterocycles. The molecular weight excluding hydrogens is 235 g/mol. The van der Waals surface area contributed by atoms with Crippen LogP contribution in [-0.2, 0) is 4.74 Å². The van der Waals surface area contributed by atoms with Gasteiger partial charge in [-0.25, -0.2) is 0 Å². The molecule has 17 heavy (non-hydrogen) atoms. The van der Waals surface area contributed by atoms with Gasteiger partial charge >= 0.3 is 6.18 Å². The summed E-state index contributed by atoms with van der Waals surface area (Å²) in [5.41, 5.74) is 7.11. The summed E-state index contributed by atoms with van der Waals surface area (Å²) in [5.74, 6) is 0.450. The van der Waals surface area contributed by atoms with Crippen LogP contribution in [0.15, 0.2) is 18.2 Å². The minimum atomic E-state index is -4.30. The molecule has 0 spiro atoms. The van der Waals surface area contributed by atoms with Crippen molar-refractivity contribution in [3.8, 4) is 5.75 Å². The average molecular weight is 249 g/mol. The molecule has 1 aromatic carbocycles. The van der Waals surface area contributed by atoms with Gasteiger partial charge in [0.2, 0.25) is 0 Å². The van der Waals surface area contributed by atoms with Crippen molar-refractivity contribution >= 4 is 5.69 Å². The van der Waals surface area contributed by atoms with Crippen LogP contribution in [0.2, 0.25) is 0 Å². The topological polar surface area (TPSA) is 44.5 Å². The molecule has 6 heteroatoms. The molecule has 1 rings (SSSR count). The fraction of sp³-hybridized carbons (Fsp3) is 0.455. The standard InChI is InChI=1S/C11H14F3NO2/c1-8-2-3-10(9(15)6-8)17-5-4-16-7-11(12,13)14/h2-3,6H,4-5,7,15H2,1H3. The van der Waals surface area contributed by atoms with Crippen LogP contribution in [0.5, 0.6) is 5.75 Å². The molecule has 0 aliphatic rings. The van der Waals surface area contributed by atoms with Crippen LogP contribution >= 0.6 is 0 Å². The van der Waals surface area contributed by atoms with Crippen LogP contribution in [-0.4, -0.2) is 26.0 Å². The third kappa shape index (κ3) is 5.44. The Morgan fingerprint density at radius 2 is 1.94 bits per heavy atom. The van der Waals surface area contributed by atoms with Crippen molar-refractivity contribution in [1.29, 1.82) is 0 Å². The molecule has 0 aliphatic heterocycles. The van der Waals surface area contributed by atoms with Crippen LogP contribution < -0.4 is 10.5 Å². The maximum absolute atomic E-state index is 11.7. The van der Waals surface area contributed by atoms with E-state index in [4.69, 9.17) is 10.5 Å². The maximum Gasteiger partial charge on any atom is 0.411 e. The first-order chi connectivity index (χ1) is 7.88. The molecule has 0 aromatic heterocycles. The maximum atomic E-state index is 11.7. The number of alkyl halides is 3. The average Bonchev–Trinajstić information content (AvgIpc) is 2.18. The predicted molar refractivity (Wildman–Crippen MR) is 58.0 cm³/mol. The Bertz CT molecular complexity index is 366. The highest BCUT2D eigenvalue weighted by atomic mass is 19.4. The predicted octanol–water partition coefficient (Wildman–Crippen LogP) is 2.53. The highest BCUT2D eigenvalue weighted by molar-refractivity contribution is 5.53. The Kier molecular flexibility index (Phi) is 4.62. The van der Waals surface area contributed by atoms with Gasteiger partial charge in [-0.15, -0.1) is 0 Å². The number of ether oxygens (including phenoxy) is 2. The second-order valence-corrected chi connectivity index (χ2v) is 3.56. The summed E-state index contributed by atoms with van der Waals surface area (Å²) in [6.07, 6.45) is -4.30. The van der Waals surface area contributed by atoms with Crippen molar-refractivity contribution in [2.45, 2.75) is 13.1 Å². The summed E-state index contributed by atoms with van der Waals surface area (Å²) in [6, 6.07) is 5.21. The lowest BCUT2D eigenvalue weighted by molar-refractivity contribution is -0.175. The van der Waals surface area contributed by atoms with Crippen molar-refractivity contribution in [2.75, 3.05) is 25.6 Å². The molecule has 0 amide bonds. The molecule has 0 unspecified atom stereocenters. The molecule has 96 valence electrons. The molecule has 0 fully saturated rings. The fourth-order valence-electron chi connectivity index (χ4n) is 1.20. The van der Waals surface area contributed by atoms with E-state index in [0.717, 1.165) is 5.56 Å². The lowest BCUT2D eigenvalue weighted by atomic mass is 10.2. The SMILES string of the molecule is Cc1ccc(OCCOCC(F)(F)F)c(N)c1. The molecule has 0 aliphatic carbocycles. The lowest BCUT2D eigenvalue weighted by Crippen LogP contribution is -2.19. The number of nitrogen functional groups attached to an aromatic ring is 1. The molecule has 0 saturated carbocycles. The normalized spacial score (nSPS) is 11.5. The molecular formula is C11H14F3NO2. The summed E-state index contributed by atoms with van der Waals surface area (Å²) >= 11 is 0. The van der Waals surface area contributed by atoms with Crippen LogP contribution in [0.3, 0.4) is 0 Å². The first-order valence-electron chi connectivity index (χ1n) is 5.02. The number of benzene rings is 1. The van der Waals surface area contributed by atoms with Gasteiger partial charge in [0.15, 0.2) is 0 Å². The third-order valence-electron chi connectivity index (χ3n) is 1.92. The molecule has 1 aromatic rings. The van der Waals surface area contributed by atoms with E-state index in [-0.39, 0.29) is 13.2 Å². The summed E-state index contributed by atoms with van der Waals surface area (Å²) in [6.45, 7) is 0.516. The van der Waals surface area contributed by atoms with E-state index in [1.54, 1.807) is 12.1 Å². The Morgan fingerprint density at radius 3 is 2.53 bits per heavy atom. The van der Waals surface area contributed by atoms with E-state index in [1.807, 2.05) is 13.0 Å². The second kappa shape index (κ2) is 5.77. The smallest absolute Gasteiger partial charge is 0.411 e. The van der Waals surface area contributed by atoms with E-state index in [9.17, 15) is 13.2 Å². The lowest BCUT2D eigenvalue weighted by Gasteiger charge is -2.10. The molecule has 0 radical (unpaired) electrons. The third-order valence-corrected chi connectivity index (χ3v) is 1.92. The van der Waals surface area contributed by atoms with E-state index in [0.29, 0.717) is 11.4 Å². The van der Waals surface area contributed by atoms with Gasteiger partial charge in [-0.1, -0.05) is 6.07 Å². The number of aryl methyl sites for hydroxylation is 1. The summed E-state index contributed by atoms with van der Waals surface area (Å²) in [5, 5.41) is 0. The highest BCUT2D eigenvalue weighted by Crippen LogP contribution is 2.22. The number of hydrogen-bond donors (Lipinski definition) is 1. The molecule has 0 saturated heterocycles. The number of halogens is 3. The Labute approximate surface area is 97.3 Å². The van der Waals surface area contributed by atoms with E-state index in [1.165, 1.54) is 0 Å². The fourth-order valence-corrected chi connectivity index (χ4v) is 1.20. The molecule has 2 N–H and O–H groups in total. The summed E-state index contributed by atoms with van der Waals surface area (Å²) < 4.78 is 44.8. The van der Waals surface area contributed by atoms with Crippen molar-refractivity contribution in [3.63, 3.8) is 0 Å². The number of nitrogens with two attached hydrogens (primary N) is 1. The Morgan fingerprint density at radius 1 is 1.24 bits per heavy atom. The van der Waals surface area contributed by atoms with Gasteiger partial charge in [0.05, 0.1) is 12.3 Å². The van der Waals surface area contributed by atoms with Gasteiger partial charge in [-0.3, -0.25) is 0 Å². The quantitative estimate of drug-likeness (QED) is 0.644.